The number of benzene rings is 4. The van der Waals surface area contributed by atoms with Gasteiger partial charge >= 0.3 is 0 Å². The summed E-state index contributed by atoms with van der Waals surface area (Å²) in [6.07, 6.45) is 1.92. The van der Waals surface area contributed by atoms with Gasteiger partial charge in [0.05, 0.1) is 0 Å². The zero-order chi connectivity index (χ0) is 19.7. The minimum absolute atomic E-state index is 0.128. The molecule has 1 aliphatic carbocycles. The minimum atomic E-state index is -0.128. The van der Waals surface area contributed by atoms with Crippen LogP contribution in [0.3, 0.4) is 0 Å². The molecule has 0 aromatic heterocycles. The van der Waals surface area contributed by atoms with Crippen molar-refractivity contribution in [3.63, 3.8) is 0 Å². The lowest BCUT2D eigenvalue weighted by Crippen LogP contribution is -2.37. The van der Waals surface area contributed by atoms with Crippen LogP contribution >= 0.6 is 0 Å². The molecule has 0 spiro atoms. The van der Waals surface area contributed by atoms with Crippen molar-refractivity contribution in [2.45, 2.75) is 18.3 Å². The molecule has 0 nitrogen and oxygen atoms in total. The summed E-state index contributed by atoms with van der Waals surface area (Å²) < 4.78 is 0. The Hall–Kier alpha value is -3.38. The van der Waals surface area contributed by atoms with Crippen LogP contribution < -0.4 is 0 Å². The highest BCUT2D eigenvalue weighted by molar-refractivity contribution is 5.86. The lowest BCUT2D eigenvalue weighted by molar-refractivity contribution is 0.500. The van der Waals surface area contributed by atoms with Gasteiger partial charge in [-0.25, -0.2) is 0 Å². The van der Waals surface area contributed by atoms with Gasteiger partial charge in [-0.2, -0.15) is 0 Å². The summed E-state index contributed by atoms with van der Waals surface area (Å²) >= 11 is 0. The SMILES string of the molecule is C=C1c2ccccc2C(Cc2ccccc2)(Cc2ccccc2)c2ccccc21. The van der Waals surface area contributed by atoms with Gasteiger partial charge in [-0.05, 0) is 51.8 Å². The zero-order valence-corrected chi connectivity index (χ0v) is 16.5. The second-order valence-corrected chi connectivity index (χ2v) is 7.98. The molecular weight excluding hydrogens is 348 g/mol. The summed E-state index contributed by atoms with van der Waals surface area (Å²) in [6, 6.07) is 39.5. The third kappa shape index (κ3) is 3.02. The second-order valence-electron chi connectivity index (χ2n) is 7.98. The van der Waals surface area contributed by atoms with Gasteiger partial charge in [0.1, 0.15) is 0 Å². The van der Waals surface area contributed by atoms with E-state index in [1.807, 2.05) is 0 Å². The maximum atomic E-state index is 4.48. The fourth-order valence-corrected chi connectivity index (χ4v) is 4.95. The molecule has 140 valence electrons. The largest absolute Gasteiger partial charge is 0.0905 e. The highest BCUT2D eigenvalue weighted by Gasteiger charge is 2.41. The van der Waals surface area contributed by atoms with Crippen molar-refractivity contribution in [3.05, 3.63) is 149 Å². The fraction of sp³-hybridized carbons (Fsp3) is 0.103. The van der Waals surface area contributed by atoms with E-state index in [1.54, 1.807) is 0 Å². The van der Waals surface area contributed by atoms with E-state index in [9.17, 15) is 0 Å². The first kappa shape index (κ1) is 17.7. The molecule has 0 saturated heterocycles. The van der Waals surface area contributed by atoms with Crippen molar-refractivity contribution in [2.24, 2.45) is 0 Å². The van der Waals surface area contributed by atoms with Crippen molar-refractivity contribution in [1.29, 1.82) is 0 Å². The van der Waals surface area contributed by atoms with E-state index in [0.717, 1.165) is 18.4 Å². The van der Waals surface area contributed by atoms with Crippen molar-refractivity contribution in [1.82, 2.24) is 0 Å². The molecule has 0 fully saturated rings. The van der Waals surface area contributed by atoms with Crippen molar-refractivity contribution in [3.8, 4) is 0 Å². The monoisotopic (exact) mass is 372 g/mol. The normalized spacial score (nSPS) is 14.1. The number of hydrogen-bond donors (Lipinski definition) is 0. The van der Waals surface area contributed by atoms with Crippen LogP contribution in [0.4, 0.5) is 0 Å². The average molecular weight is 373 g/mol. The van der Waals surface area contributed by atoms with E-state index in [0.29, 0.717) is 0 Å². The van der Waals surface area contributed by atoms with Gasteiger partial charge in [0.15, 0.2) is 0 Å². The highest BCUT2D eigenvalue weighted by Crippen LogP contribution is 2.49. The second kappa shape index (κ2) is 7.22. The van der Waals surface area contributed by atoms with Crippen LogP contribution in [0.2, 0.25) is 0 Å². The Morgan fingerprint density at radius 1 is 0.483 bits per heavy atom. The summed E-state index contributed by atoms with van der Waals surface area (Å²) in [4.78, 5) is 0. The third-order valence-corrected chi connectivity index (χ3v) is 6.23. The number of rotatable bonds is 4. The Kier molecular flexibility index (Phi) is 4.41. The predicted octanol–water partition coefficient (Wildman–Crippen LogP) is 6.83. The van der Waals surface area contributed by atoms with Gasteiger partial charge in [-0.1, -0.05) is 116 Å². The smallest absolute Gasteiger partial charge is 0.0295 e. The van der Waals surface area contributed by atoms with Gasteiger partial charge in [-0.3, -0.25) is 0 Å². The van der Waals surface area contributed by atoms with Crippen LogP contribution in [-0.4, -0.2) is 0 Å². The molecule has 5 rings (SSSR count). The molecule has 0 heteroatoms. The van der Waals surface area contributed by atoms with Crippen molar-refractivity contribution < 1.29 is 0 Å². The van der Waals surface area contributed by atoms with Crippen LogP contribution in [-0.2, 0) is 18.3 Å². The standard InChI is InChI=1S/C29H24/c1-22-25-16-8-10-18-27(25)29(20-23-12-4-2-5-13-23,21-24-14-6-3-7-15-24)28-19-11-9-17-26(22)28/h2-19H,1,20-21H2. The molecule has 0 unspecified atom stereocenters. The average Bonchev–Trinajstić information content (AvgIpc) is 2.79. The summed E-state index contributed by atoms with van der Waals surface area (Å²) in [5.41, 5.74) is 9.05. The Balaban J connectivity index is 1.79. The van der Waals surface area contributed by atoms with Crippen LogP contribution in [0, 0.1) is 0 Å². The van der Waals surface area contributed by atoms with Crippen LogP contribution in [0.5, 0.6) is 0 Å². The van der Waals surface area contributed by atoms with Crippen LogP contribution in [0.25, 0.3) is 5.57 Å². The summed E-state index contributed by atoms with van der Waals surface area (Å²) in [6.45, 7) is 4.48. The van der Waals surface area contributed by atoms with Gasteiger partial charge in [0.25, 0.3) is 0 Å². The van der Waals surface area contributed by atoms with E-state index in [2.05, 4.69) is 116 Å². The van der Waals surface area contributed by atoms with Gasteiger partial charge in [0, 0.05) is 5.41 Å². The Morgan fingerprint density at radius 2 is 0.862 bits per heavy atom. The van der Waals surface area contributed by atoms with Gasteiger partial charge in [0.2, 0.25) is 0 Å². The molecule has 4 aromatic rings. The first-order valence-electron chi connectivity index (χ1n) is 10.2. The van der Waals surface area contributed by atoms with E-state index >= 15 is 0 Å². The van der Waals surface area contributed by atoms with Crippen molar-refractivity contribution >= 4 is 5.57 Å². The summed E-state index contributed by atoms with van der Waals surface area (Å²) in [7, 11) is 0. The van der Waals surface area contributed by atoms with Crippen LogP contribution in [0.1, 0.15) is 33.4 Å². The fourth-order valence-electron chi connectivity index (χ4n) is 4.95. The summed E-state index contributed by atoms with van der Waals surface area (Å²) in [5.74, 6) is 0. The Bertz CT molecular complexity index is 1060. The zero-order valence-electron chi connectivity index (χ0n) is 16.5. The molecule has 0 atom stereocenters. The molecule has 4 aromatic carbocycles. The van der Waals surface area contributed by atoms with E-state index in [1.165, 1.54) is 33.4 Å². The number of hydrogen-bond acceptors (Lipinski definition) is 0. The topological polar surface area (TPSA) is 0 Å². The first-order chi connectivity index (χ1) is 14.3. The highest BCUT2D eigenvalue weighted by atomic mass is 14.4. The van der Waals surface area contributed by atoms with E-state index < -0.39 is 0 Å². The first-order valence-corrected chi connectivity index (χ1v) is 10.2. The molecule has 0 radical (unpaired) electrons. The molecule has 0 heterocycles. The molecule has 0 N–H and O–H groups in total. The quantitative estimate of drug-likeness (QED) is 0.368. The van der Waals surface area contributed by atoms with E-state index in [4.69, 9.17) is 0 Å². The molecule has 0 saturated carbocycles. The van der Waals surface area contributed by atoms with Gasteiger partial charge in [-0.15, -0.1) is 0 Å². The van der Waals surface area contributed by atoms with Crippen LogP contribution in [0.15, 0.2) is 116 Å². The lowest BCUT2D eigenvalue weighted by Gasteiger charge is -2.42. The maximum absolute atomic E-state index is 4.48. The van der Waals surface area contributed by atoms with Crippen molar-refractivity contribution in [2.75, 3.05) is 0 Å². The molecular formula is C29H24. The molecule has 0 aliphatic heterocycles. The molecule has 1 aliphatic rings. The molecule has 0 bridgehead atoms. The van der Waals surface area contributed by atoms with E-state index in [-0.39, 0.29) is 5.41 Å². The predicted molar refractivity (Wildman–Crippen MR) is 122 cm³/mol. The van der Waals surface area contributed by atoms with Gasteiger partial charge < -0.3 is 0 Å². The minimum Gasteiger partial charge on any atom is -0.0905 e. The number of fused-ring (bicyclic) bond motifs is 2. The Morgan fingerprint density at radius 3 is 1.31 bits per heavy atom. The Labute approximate surface area is 173 Å². The maximum Gasteiger partial charge on any atom is 0.0295 e. The third-order valence-electron chi connectivity index (χ3n) is 6.23. The molecule has 29 heavy (non-hydrogen) atoms. The molecule has 0 amide bonds. The summed E-state index contributed by atoms with van der Waals surface area (Å²) in [5, 5.41) is 0. The lowest BCUT2D eigenvalue weighted by atomic mass is 9.60.